The van der Waals surface area contributed by atoms with Crippen molar-refractivity contribution in [2.45, 2.75) is 31.8 Å². The van der Waals surface area contributed by atoms with E-state index in [-0.39, 0.29) is 5.56 Å². The standard InChI is InChI=1S/C27H30N4O4/c1-28-24(32)23(25(33)29-35)30(2)26(34)22-12-10-20(11-13-22)5-4-19-6-8-21(9-7-19)16-31-17-27(18-31)14-3-15-27/h6-13,23,35H,3,14-18H2,1-2H3,(H,28,32)(H,29,33). The van der Waals surface area contributed by atoms with Crippen LogP contribution in [0.15, 0.2) is 48.5 Å². The Hall–Kier alpha value is -3.67. The van der Waals surface area contributed by atoms with Crippen molar-refractivity contribution in [3.05, 3.63) is 70.8 Å². The summed E-state index contributed by atoms with van der Waals surface area (Å²) in [6.07, 6.45) is 4.17. The average Bonchev–Trinajstić information content (AvgIpc) is 2.83. The minimum absolute atomic E-state index is 0.289. The van der Waals surface area contributed by atoms with Crippen molar-refractivity contribution in [2.24, 2.45) is 5.41 Å². The van der Waals surface area contributed by atoms with Gasteiger partial charge in [-0.25, -0.2) is 5.48 Å². The van der Waals surface area contributed by atoms with Gasteiger partial charge in [-0.15, -0.1) is 0 Å². The minimum Gasteiger partial charge on any atom is -0.357 e. The van der Waals surface area contributed by atoms with Gasteiger partial charge in [0.1, 0.15) is 0 Å². The monoisotopic (exact) mass is 474 g/mol. The van der Waals surface area contributed by atoms with Crippen molar-refractivity contribution < 1.29 is 19.6 Å². The number of hydrogen-bond acceptors (Lipinski definition) is 5. The van der Waals surface area contributed by atoms with Gasteiger partial charge in [0.15, 0.2) is 6.04 Å². The van der Waals surface area contributed by atoms with E-state index < -0.39 is 23.8 Å². The highest BCUT2D eigenvalue weighted by Crippen LogP contribution is 2.48. The number of benzene rings is 2. The van der Waals surface area contributed by atoms with Crippen LogP contribution in [0, 0.1) is 17.3 Å². The van der Waals surface area contributed by atoms with Crippen LogP contribution in [0.3, 0.4) is 0 Å². The number of amides is 3. The van der Waals surface area contributed by atoms with Crippen molar-refractivity contribution in [3.63, 3.8) is 0 Å². The van der Waals surface area contributed by atoms with Gasteiger partial charge in [0.25, 0.3) is 17.7 Å². The zero-order valence-corrected chi connectivity index (χ0v) is 20.0. The van der Waals surface area contributed by atoms with Crippen molar-refractivity contribution in [3.8, 4) is 11.8 Å². The Morgan fingerprint density at radius 2 is 1.57 bits per heavy atom. The molecule has 2 aromatic rings. The molecule has 2 aromatic carbocycles. The lowest BCUT2D eigenvalue weighted by atomic mass is 9.63. The minimum atomic E-state index is -1.50. The van der Waals surface area contributed by atoms with E-state index in [9.17, 15) is 14.4 Å². The van der Waals surface area contributed by atoms with Gasteiger partial charge < -0.3 is 10.2 Å². The molecule has 182 valence electrons. The largest absolute Gasteiger partial charge is 0.357 e. The van der Waals surface area contributed by atoms with E-state index >= 15 is 0 Å². The summed E-state index contributed by atoms with van der Waals surface area (Å²) in [4.78, 5) is 40.1. The van der Waals surface area contributed by atoms with Crippen molar-refractivity contribution in [1.29, 1.82) is 0 Å². The molecule has 1 heterocycles. The quantitative estimate of drug-likeness (QED) is 0.256. The molecule has 3 N–H and O–H groups in total. The maximum atomic E-state index is 12.8. The second-order valence-corrected chi connectivity index (χ2v) is 9.43. The molecule has 3 amide bonds. The molecule has 1 atom stereocenters. The smallest absolute Gasteiger partial charge is 0.275 e. The zero-order chi connectivity index (χ0) is 25.0. The third-order valence-corrected chi connectivity index (χ3v) is 6.94. The average molecular weight is 475 g/mol. The fourth-order valence-corrected chi connectivity index (χ4v) is 4.79. The van der Waals surface area contributed by atoms with E-state index in [0.29, 0.717) is 5.41 Å². The van der Waals surface area contributed by atoms with Crippen molar-refractivity contribution in [1.82, 2.24) is 20.6 Å². The van der Waals surface area contributed by atoms with Gasteiger partial charge in [0.05, 0.1) is 0 Å². The molecule has 2 fully saturated rings. The second-order valence-electron chi connectivity index (χ2n) is 9.43. The number of nitrogens with zero attached hydrogens (tertiary/aromatic N) is 2. The van der Waals surface area contributed by atoms with Crippen molar-refractivity contribution >= 4 is 17.7 Å². The fourth-order valence-electron chi connectivity index (χ4n) is 4.79. The Labute approximate surface area is 205 Å². The van der Waals surface area contributed by atoms with E-state index in [1.54, 1.807) is 24.3 Å². The lowest BCUT2D eigenvalue weighted by Gasteiger charge is -2.56. The maximum absolute atomic E-state index is 12.8. The van der Waals surface area contributed by atoms with Crippen molar-refractivity contribution in [2.75, 3.05) is 27.2 Å². The van der Waals surface area contributed by atoms with Gasteiger partial charge in [-0.2, -0.15) is 0 Å². The number of nitrogens with one attached hydrogen (secondary N) is 2. The lowest BCUT2D eigenvalue weighted by Crippen LogP contribution is -2.58. The first-order valence-electron chi connectivity index (χ1n) is 11.7. The molecular weight excluding hydrogens is 444 g/mol. The number of rotatable bonds is 6. The Kier molecular flexibility index (Phi) is 7.20. The van der Waals surface area contributed by atoms with Gasteiger partial charge >= 0.3 is 0 Å². The highest BCUT2D eigenvalue weighted by atomic mass is 16.5. The summed E-state index contributed by atoms with van der Waals surface area (Å²) >= 11 is 0. The molecule has 8 heteroatoms. The van der Waals surface area contributed by atoms with Crippen LogP contribution in [-0.4, -0.2) is 66.0 Å². The van der Waals surface area contributed by atoms with Crippen LogP contribution in [0.2, 0.25) is 0 Å². The van der Waals surface area contributed by atoms with Gasteiger partial charge in [-0.05, 0) is 60.2 Å². The molecule has 0 bridgehead atoms. The Morgan fingerprint density at radius 1 is 1.00 bits per heavy atom. The third kappa shape index (κ3) is 5.37. The molecule has 4 rings (SSSR count). The highest BCUT2D eigenvalue weighted by molar-refractivity contribution is 6.08. The van der Waals surface area contributed by atoms with E-state index in [4.69, 9.17) is 5.21 Å². The predicted molar refractivity (Wildman–Crippen MR) is 130 cm³/mol. The molecule has 1 spiro atoms. The third-order valence-electron chi connectivity index (χ3n) is 6.94. The van der Waals surface area contributed by atoms with E-state index in [2.05, 4.69) is 34.2 Å². The van der Waals surface area contributed by atoms with E-state index in [1.165, 1.54) is 57.5 Å². The summed E-state index contributed by atoms with van der Waals surface area (Å²) in [5.41, 5.74) is 5.29. The SMILES string of the molecule is CNC(=O)C(C(=O)NO)N(C)C(=O)c1ccc(C#Cc2ccc(CN3CC4(CCC4)C3)cc2)cc1. The van der Waals surface area contributed by atoms with Crippen LogP contribution >= 0.6 is 0 Å². The first kappa shape index (κ1) is 24.5. The van der Waals surface area contributed by atoms with Crippen LogP contribution < -0.4 is 10.8 Å². The normalized spacial score (nSPS) is 16.7. The van der Waals surface area contributed by atoms with E-state index in [1.807, 2.05) is 12.1 Å². The molecule has 8 nitrogen and oxygen atoms in total. The Morgan fingerprint density at radius 3 is 2.06 bits per heavy atom. The summed E-state index contributed by atoms with van der Waals surface area (Å²) < 4.78 is 0. The molecule has 1 unspecified atom stereocenters. The van der Waals surface area contributed by atoms with Gasteiger partial charge in [0.2, 0.25) is 0 Å². The van der Waals surface area contributed by atoms with E-state index in [0.717, 1.165) is 22.6 Å². The molecule has 0 radical (unpaired) electrons. The summed E-state index contributed by atoms with van der Waals surface area (Å²) in [5.74, 6) is 3.99. The first-order chi connectivity index (χ1) is 16.8. The number of carbonyl (C=O) groups excluding carboxylic acids is 3. The Bertz CT molecular complexity index is 1140. The Balaban J connectivity index is 1.35. The molecule has 0 aromatic heterocycles. The van der Waals surface area contributed by atoms with Crippen LogP contribution in [-0.2, 0) is 16.1 Å². The summed E-state index contributed by atoms with van der Waals surface area (Å²) in [5, 5.41) is 11.2. The number of likely N-dealkylation sites (tertiary alicyclic amines) is 1. The van der Waals surface area contributed by atoms with Gasteiger partial charge in [-0.3, -0.25) is 24.5 Å². The van der Waals surface area contributed by atoms with Gasteiger partial charge in [0, 0.05) is 50.4 Å². The molecule has 35 heavy (non-hydrogen) atoms. The van der Waals surface area contributed by atoms with Gasteiger partial charge in [-0.1, -0.05) is 30.4 Å². The number of hydrogen-bond donors (Lipinski definition) is 3. The maximum Gasteiger partial charge on any atom is 0.275 e. The molecule has 2 aliphatic rings. The summed E-state index contributed by atoms with van der Waals surface area (Å²) in [7, 11) is 2.66. The van der Waals surface area contributed by atoms with Crippen LogP contribution in [0.4, 0.5) is 0 Å². The highest BCUT2D eigenvalue weighted by Gasteiger charge is 2.46. The number of likely N-dealkylation sites (N-methyl/N-ethyl adjacent to an activating group) is 2. The second kappa shape index (κ2) is 10.3. The lowest BCUT2D eigenvalue weighted by molar-refractivity contribution is -0.140. The van der Waals surface area contributed by atoms with Crippen LogP contribution in [0.1, 0.15) is 46.3 Å². The van der Waals surface area contributed by atoms with Crippen LogP contribution in [0.5, 0.6) is 0 Å². The molecular formula is C27H30N4O4. The molecule has 1 aliphatic heterocycles. The fraction of sp³-hybridized carbons (Fsp3) is 0.370. The number of carbonyl (C=O) groups is 3. The number of hydroxylamine groups is 1. The molecule has 1 aliphatic carbocycles. The van der Waals surface area contributed by atoms with Crippen LogP contribution in [0.25, 0.3) is 0 Å². The molecule has 1 saturated carbocycles. The predicted octanol–water partition coefficient (Wildman–Crippen LogP) is 1.76. The topological polar surface area (TPSA) is 102 Å². The first-order valence-corrected chi connectivity index (χ1v) is 11.7. The zero-order valence-electron chi connectivity index (χ0n) is 20.0. The summed E-state index contributed by atoms with van der Waals surface area (Å²) in [6, 6.07) is 13.4. The molecule has 1 saturated heterocycles. The summed E-state index contributed by atoms with van der Waals surface area (Å²) in [6.45, 7) is 3.44.